The third-order valence-electron chi connectivity index (χ3n) is 3.43. The Morgan fingerprint density at radius 1 is 1.35 bits per heavy atom. The Morgan fingerprint density at radius 2 is 2.00 bits per heavy atom. The highest BCUT2D eigenvalue weighted by Crippen LogP contribution is 2.26. The largest absolute Gasteiger partial charge is 0.393 e. The van der Waals surface area contributed by atoms with Gasteiger partial charge in [0.2, 0.25) is 10.0 Å². The third kappa shape index (κ3) is 2.53. The van der Waals surface area contributed by atoms with E-state index in [0.717, 1.165) is 12.8 Å². The highest BCUT2D eigenvalue weighted by molar-refractivity contribution is 7.89. The molecule has 17 heavy (non-hydrogen) atoms. The highest BCUT2D eigenvalue weighted by Gasteiger charge is 2.31. The summed E-state index contributed by atoms with van der Waals surface area (Å²) in [6.07, 6.45) is 5.63. The van der Waals surface area contributed by atoms with Crippen molar-refractivity contribution in [3.8, 4) is 0 Å². The minimum absolute atomic E-state index is 0.00157. The van der Waals surface area contributed by atoms with Crippen LogP contribution >= 0.6 is 0 Å². The first-order valence-electron chi connectivity index (χ1n) is 5.80. The van der Waals surface area contributed by atoms with Gasteiger partial charge in [-0.05, 0) is 31.7 Å². The third-order valence-corrected chi connectivity index (χ3v) is 5.33. The summed E-state index contributed by atoms with van der Waals surface area (Å²) < 4.78 is 25.9. The molecule has 1 aliphatic carbocycles. The van der Waals surface area contributed by atoms with Crippen LogP contribution in [-0.2, 0) is 10.0 Å². The topological polar surface area (TPSA) is 73.4 Å². The van der Waals surface area contributed by atoms with Gasteiger partial charge < -0.3 is 10.1 Å². The molecule has 0 atom stereocenters. The Hall–Kier alpha value is -0.850. The van der Waals surface area contributed by atoms with Gasteiger partial charge in [-0.25, -0.2) is 8.42 Å². The quantitative estimate of drug-likeness (QED) is 0.847. The lowest BCUT2D eigenvalue weighted by Crippen LogP contribution is -2.40. The molecule has 1 aliphatic rings. The number of nitrogens with one attached hydrogen (secondary N) is 1. The molecule has 0 amide bonds. The zero-order chi connectivity index (χ0) is 12.5. The van der Waals surface area contributed by atoms with Crippen LogP contribution in [0.1, 0.15) is 25.7 Å². The van der Waals surface area contributed by atoms with Crippen LogP contribution in [0.25, 0.3) is 0 Å². The van der Waals surface area contributed by atoms with Crippen LogP contribution in [0.15, 0.2) is 23.4 Å². The smallest absolute Gasteiger partial charge is 0.244 e. The van der Waals surface area contributed by atoms with E-state index in [-0.39, 0.29) is 12.1 Å². The van der Waals surface area contributed by atoms with Crippen LogP contribution < -0.4 is 0 Å². The molecule has 0 spiro atoms. The second-order valence-electron chi connectivity index (χ2n) is 4.53. The molecule has 1 fully saturated rings. The van der Waals surface area contributed by atoms with Crippen LogP contribution in [0.5, 0.6) is 0 Å². The van der Waals surface area contributed by atoms with E-state index in [0.29, 0.717) is 17.7 Å². The molecule has 2 N–H and O–H groups in total. The zero-order valence-electron chi connectivity index (χ0n) is 9.83. The van der Waals surface area contributed by atoms with Crippen molar-refractivity contribution in [1.29, 1.82) is 0 Å². The maximum atomic E-state index is 12.2. The van der Waals surface area contributed by atoms with E-state index in [1.165, 1.54) is 10.5 Å². The molecular formula is C11H18N2O3S. The van der Waals surface area contributed by atoms with E-state index in [9.17, 15) is 13.5 Å². The summed E-state index contributed by atoms with van der Waals surface area (Å²) in [6, 6.07) is 1.56. The molecule has 1 aromatic rings. The van der Waals surface area contributed by atoms with Gasteiger partial charge in [0.15, 0.2) is 0 Å². The van der Waals surface area contributed by atoms with Gasteiger partial charge in [0, 0.05) is 25.5 Å². The Balaban J connectivity index is 2.12. The Labute approximate surface area is 102 Å². The molecule has 96 valence electrons. The predicted octanol–water partition coefficient (Wildman–Crippen LogP) is 0.939. The SMILES string of the molecule is CN(C1CCC(O)CC1)S(=O)(=O)c1cc[nH]c1. The van der Waals surface area contributed by atoms with Crippen LogP contribution in [0, 0.1) is 0 Å². The van der Waals surface area contributed by atoms with Gasteiger partial charge in [-0.15, -0.1) is 0 Å². The van der Waals surface area contributed by atoms with Gasteiger partial charge in [-0.3, -0.25) is 0 Å². The number of nitrogens with zero attached hydrogens (tertiary/aromatic N) is 1. The number of aromatic amines is 1. The minimum atomic E-state index is -3.39. The summed E-state index contributed by atoms with van der Waals surface area (Å²) in [6.45, 7) is 0. The monoisotopic (exact) mass is 258 g/mol. The fourth-order valence-corrected chi connectivity index (χ4v) is 3.65. The summed E-state index contributed by atoms with van der Waals surface area (Å²) >= 11 is 0. The van der Waals surface area contributed by atoms with E-state index in [1.54, 1.807) is 19.3 Å². The molecule has 1 saturated carbocycles. The molecule has 0 radical (unpaired) electrons. The number of aliphatic hydroxyl groups excluding tert-OH is 1. The second kappa shape index (κ2) is 4.80. The van der Waals surface area contributed by atoms with Gasteiger partial charge in [-0.2, -0.15) is 4.31 Å². The van der Waals surface area contributed by atoms with Crippen molar-refractivity contribution < 1.29 is 13.5 Å². The molecule has 0 aliphatic heterocycles. The van der Waals surface area contributed by atoms with Gasteiger partial charge in [0.1, 0.15) is 0 Å². The first-order chi connectivity index (χ1) is 8.01. The number of rotatable bonds is 3. The normalized spacial score (nSPS) is 26.3. The maximum absolute atomic E-state index is 12.2. The number of hydrogen-bond donors (Lipinski definition) is 2. The molecule has 1 heterocycles. The molecule has 1 aromatic heterocycles. The average molecular weight is 258 g/mol. The van der Waals surface area contributed by atoms with Crippen molar-refractivity contribution in [2.45, 2.75) is 42.7 Å². The van der Waals surface area contributed by atoms with E-state index in [2.05, 4.69) is 4.98 Å². The number of H-pyrrole nitrogens is 1. The number of sulfonamides is 1. The standard InChI is InChI=1S/C11H18N2O3S/c1-13(9-2-4-10(14)5-3-9)17(15,16)11-6-7-12-8-11/h6-10,12,14H,2-5H2,1H3. The Bertz CT molecular complexity index is 447. The first-order valence-corrected chi connectivity index (χ1v) is 7.24. The highest BCUT2D eigenvalue weighted by atomic mass is 32.2. The number of aliphatic hydroxyl groups is 1. The molecule has 2 rings (SSSR count). The summed E-state index contributed by atoms with van der Waals surface area (Å²) in [7, 11) is -1.78. The van der Waals surface area contributed by atoms with E-state index in [4.69, 9.17) is 0 Å². The lowest BCUT2D eigenvalue weighted by Gasteiger charge is -2.32. The van der Waals surface area contributed by atoms with Gasteiger partial charge in [0.25, 0.3) is 0 Å². The lowest BCUT2D eigenvalue weighted by molar-refractivity contribution is 0.104. The van der Waals surface area contributed by atoms with Crippen molar-refractivity contribution in [2.75, 3.05) is 7.05 Å². The molecule has 6 heteroatoms. The number of aromatic nitrogens is 1. The molecule has 0 unspecified atom stereocenters. The van der Waals surface area contributed by atoms with Crippen molar-refractivity contribution >= 4 is 10.0 Å². The fraction of sp³-hybridized carbons (Fsp3) is 0.636. The molecule has 0 saturated heterocycles. The van der Waals surface area contributed by atoms with Crippen LogP contribution in [-0.4, -0.2) is 42.0 Å². The summed E-state index contributed by atoms with van der Waals surface area (Å²) in [5.74, 6) is 0. The fourth-order valence-electron chi connectivity index (χ4n) is 2.25. The minimum Gasteiger partial charge on any atom is -0.393 e. The Morgan fingerprint density at radius 3 is 2.53 bits per heavy atom. The lowest BCUT2D eigenvalue weighted by atomic mass is 9.93. The van der Waals surface area contributed by atoms with E-state index in [1.807, 2.05) is 0 Å². The summed E-state index contributed by atoms with van der Waals surface area (Å²) in [5.41, 5.74) is 0. The van der Waals surface area contributed by atoms with Crippen molar-refractivity contribution in [1.82, 2.24) is 9.29 Å². The van der Waals surface area contributed by atoms with Crippen molar-refractivity contribution in [3.63, 3.8) is 0 Å². The van der Waals surface area contributed by atoms with Crippen LogP contribution in [0.4, 0.5) is 0 Å². The second-order valence-corrected chi connectivity index (χ2v) is 6.53. The molecule has 0 aromatic carbocycles. The average Bonchev–Trinajstić information content (AvgIpc) is 2.83. The van der Waals surface area contributed by atoms with Crippen LogP contribution in [0.3, 0.4) is 0 Å². The zero-order valence-corrected chi connectivity index (χ0v) is 10.7. The number of hydrogen-bond acceptors (Lipinski definition) is 3. The van der Waals surface area contributed by atoms with Crippen molar-refractivity contribution in [2.24, 2.45) is 0 Å². The van der Waals surface area contributed by atoms with Crippen molar-refractivity contribution in [3.05, 3.63) is 18.5 Å². The van der Waals surface area contributed by atoms with E-state index < -0.39 is 10.0 Å². The van der Waals surface area contributed by atoms with E-state index >= 15 is 0 Å². The van der Waals surface area contributed by atoms with Gasteiger partial charge >= 0.3 is 0 Å². The van der Waals surface area contributed by atoms with Gasteiger partial charge in [-0.1, -0.05) is 0 Å². The summed E-state index contributed by atoms with van der Waals surface area (Å²) in [5, 5.41) is 9.42. The maximum Gasteiger partial charge on any atom is 0.244 e. The molecule has 0 bridgehead atoms. The van der Waals surface area contributed by atoms with Crippen LogP contribution in [0.2, 0.25) is 0 Å². The summed E-state index contributed by atoms with van der Waals surface area (Å²) in [4.78, 5) is 3.05. The predicted molar refractivity (Wildman–Crippen MR) is 64.0 cm³/mol. The van der Waals surface area contributed by atoms with Gasteiger partial charge in [0.05, 0.1) is 11.0 Å². The molecule has 5 nitrogen and oxygen atoms in total. The first kappa shape index (κ1) is 12.6. The molecular weight excluding hydrogens is 240 g/mol. The Kier molecular flexibility index (Phi) is 3.56.